The molecule has 1 saturated heterocycles. The van der Waals surface area contributed by atoms with Crippen molar-refractivity contribution >= 4 is 11.6 Å². The van der Waals surface area contributed by atoms with E-state index in [0.717, 1.165) is 0 Å². The second-order valence-corrected chi connectivity index (χ2v) is 6.97. The van der Waals surface area contributed by atoms with Gasteiger partial charge >= 0.3 is 0 Å². The molecule has 1 aromatic heterocycles. The summed E-state index contributed by atoms with van der Waals surface area (Å²) in [6.07, 6.45) is 0.269. The first-order chi connectivity index (χ1) is 15.1. The van der Waals surface area contributed by atoms with Crippen LogP contribution in [-0.2, 0) is 4.79 Å². The van der Waals surface area contributed by atoms with Crippen molar-refractivity contribution < 1.29 is 28.3 Å². The maximum atomic E-state index is 12.8. The van der Waals surface area contributed by atoms with Gasteiger partial charge in [-0.15, -0.1) is 0 Å². The summed E-state index contributed by atoms with van der Waals surface area (Å²) < 4.78 is 26.8. The van der Waals surface area contributed by atoms with E-state index >= 15 is 0 Å². The normalized spacial score (nSPS) is 15.8. The fourth-order valence-electron chi connectivity index (χ4n) is 3.61. The van der Waals surface area contributed by atoms with Crippen LogP contribution in [0.2, 0.25) is 0 Å². The smallest absolute Gasteiger partial charge is 0.258 e. The van der Waals surface area contributed by atoms with Crippen LogP contribution in [-0.4, -0.2) is 51.0 Å². The molecular formula is C22H23N3O6. The highest BCUT2D eigenvalue weighted by Crippen LogP contribution is 2.38. The van der Waals surface area contributed by atoms with Gasteiger partial charge in [0.2, 0.25) is 5.91 Å². The van der Waals surface area contributed by atoms with Crippen LogP contribution in [0.1, 0.15) is 18.2 Å². The van der Waals surface area contributed by atoms with E-state index in [2.05, 4.69) is 10.1 Å². The van der Waals surface area contributed by atoms with E-state index in [9.17, 15) is 4.79 Å². The van der Waals surface area contributed by atoms with Gasteiger partial charge in [-0.05, 0) is 30.3 Å². The number of carbonyl (C=O) groups excluding carboxylic acids is 1. The fraction of sp³-hybridized carbons (Fsp3) is 0.318. The molecule has 3 aromatic rings. The van der Waals surface area contributed by atoms with E-state index in [1.807, 2.05) is 6.07 Å². The van der Waals surface area contributed by atoms with Gasteiger partial charge in [-0.1, -0.05) is 5.16 Å². The third-order valence-electron chi connectivity index (χ3n) is 5.24. The van der Waals surface area contributed by atoms with Crippen molar-refractivity contribution in [3.63, 3.8) is 0 Å². The molecule has 1 aliphatic heterocycles. The molecule has 9 heteroatoms. The Balaban J connectivity index is 1.58. The Kier molecular flexibility index (Phi) is 5.66. The number of anilines is 1. The van der Waals surface area contributed by atoms with Crippen molar-refractivity contribution in [3.8, 4) is 34.5 Å². The molecule has 4 rings (SSSR count). The quantitative estimate of drug-likeness (QED) is 0.569. The minimum Gasteiger partial charge on any atom is -0.497 e. The molecule has 1 atom stereocenters. The van der Waals surface area contributed by atoms with Crippen LogP contribution < -0.4 is 23.8 Å². The maximum Gasteiger partial charge on any atom is 0.258 e. The highest BCUT2D eigenvalue weighted by atomic mass is 16.5. The molecule has 0 radical (unpaired) electrons. The summed E-state index contributed by atoms with van der Waals surface area (Å²) in [5, 5.41) is 4.12. The van der Waals surface area contributed by atoms with E-state index in [4.69, 9.17) is 23.5 Å². The van der Waals surface area contributed by atoms with Crippen LogP contribution >= 0.6 is 0 Å². The maximum absolute atomic E-state index is 12.8. The first kappa shape index (κ1) is 20.5. The monoisotopic (exact) mass is 425 g/mol. The van der Waals surface area contributed by atoms with Crippen molar-refractivity contribution in [3.05, 3.63) is 42.2 Å². The van der Waals surface area contributed by atoms with Gasteiger partial charge in [0, 0.05) is 30.5 Å². The van der Waals surface area contributed by atoms with E-state index in [-0.39, 0.29) is 18.2 Å². The molecule has 0 aliphatic carbocycles. The molecule has 9 nitrogen and oxygen atoms in total. The Hall–Kier alpha value is -3.75. The Morgan fingerprint density at radius 1 is 0.935 bits per heavy atom. The summed E-state index contributed by atoms with van der Waals surface area (Å²) in [5.74, 6) is 2.97. The van der Waals surface area contributed by atoms with Gasteiger partial charge in [0.1, 0.15) is 11.5 Å². The zero-order valence-corrected chi connectivity index (χ0v) is 17.7. The summed E-state index contributed by atoms with van der Waals surface area (Å²) >= 11 is 0. The molecule has 2 heterocycles. The Bertz CT molecular complexity index is 1100. The first-order valence-electron chi connectivity index (χ1n) is 9.66. The highest BCUT2D eigenvalue weighted by Gasteiger charge is 2.36. The SMILES string of the molecule is COc1ccc(OC)c(N2CC(c3noc(-c4ccc(OC)c(OC)c4)n3)CC2=O)c1. The summed E-state index contributed by atoms with van der Waals surface area (Å²) in [6.45, 7) is 0.410. The number of rotatable bonds is 7. The van der Waals surface area contributed by atoms with Gasteiger partial charge < -0.3 is 28.4 Å². The second kappa shape index (κ2) is 8.55. The Morgan fingerprint density at radius 2 is 1.68 bits per heavy atom. The number of aromatic nitrogens is 2. The second-order valence-electron chi connectivity index (χ2n) is 6.97. The highest BCUT2D eigenvalue weighted by molar-refractivity contribution is 5.98. The van der Waals surface area contributed by atoms with Crippen molar-refractivity contribution in [2.24, 2.45) is 0 Å². The number of methoxy groups -OCH3 is 4. The van der Waals surface area contributed by atoms with Crippen molar-refractivity contribution in [2.75, 3.05) is 39.9 Å². The van der Waals surface area contributed by atoms with Crippen LogP contribution in [0.25, 0.3) is 11.5 Å². The lowest BCUT2D eigenvalue weighted by Crippen LogP contribution is -2.25. The topological polar surface area (TPSA) is 96.2 Å². The average Bonchev–Trinajstić information content (AvgIpc) is 3.45. The minimum absolute atomic E-state index is 0.0472. The molecule has 0 bridgehead atoms. The van der Waals surface area contributed by atoms with Gasteiger partial charge in [-0.25, -0.2) is 0 Å². The van der Waals surface area contributed by atoms with Gasteiger partial charge in [0.15, 0.2) is 17.3 Å². The van der Waals surface area contributed by atoms with Crippen LogP contribution in [0.4, 0.5) is 5.69 Å². The van der Waals surface area contributed by atoms with Crippen LogP contribution in [0, 0.1) is 0 Å². The van der Waals surface area contributed by atoms with Crippen molar-refractivity contribution in [2.45, 2.75) is 12.3 Å². The molecule has 0 spiro atoms. The fourth-order valence-corrected chi connectivity index (χ4v) is 3.61. The predicted octanol–water partition coefficient (Wildman–Crippen LogP) is 3.29. The van der Waals surface area contributed by atoms with Crippen LogP contribution in [0.15, 0.2) is 40.9 Å². The number of nitrogens with zero attached hydrogens (tertiary/aromatic N) is 3. The molecule has 2 aromatic carbocycles. The molecule has 1 fully saturated rings. The van der Waals surface area contributed by atoms with E-state index in [1.165, 1.54) is 0 Å². The minimum atomic E-state index is -0.207. The van der Waals surface area contributed by atoms with Gasteiger partial charge in [0.05, 0.1) is 34.1 Å². The van der Waals surface area contributed by atoms with Crippen molar-refractivity contribution in [1.82, 2.24) is 10.1 Å². The molecule has 1 amide bonds. The van der Waals surface area contributed by atoms with Crippen LogP contribution in [0.3, 0.4) is 0 Å². The Labute approximate surface area is 179 Å². The number of benzene rings is 2. The summed E-state index contributed by atoms with van der Waals surface area (Å²) in [7, 11) is 6.28. The summed E-state index contributed by atoms with van der Waals surface area (Å²) in [6, 6.07) is 10.7. The number of hydrogen-bond acceptors (Lipinski definition) is 8. The summed E-state index contributed by atoms with van der Waals surface area (Å²) in [4.78, 5) is 19.0. The zero-order chi connectivity index (χ0) is 22.0. The largest absolute Gasteiger partial charge is 0.497 e. The third kappa shape index (κ3) is 3.86. The zero-order valence-electron chi connectivity index (χ0n) is 17.7. The van der Waals surface area contributed by atoms with Crippen molar-refractivity contribution in [1.29, 1.82) is 0 Å². The van der Waals surface area contributed by atoms with Gasteiger partial charge in [-0.3, -0.25) is 4.79 Å². The third-order valence-corrected chi connectivity index (χ3v) is 5.24. The number of hydrogen-bond donors (Lipinski definition) is 0. The van der Waals surface area contributed by atoms with Crippen LogP contribution in [0.5, 0.6) is 23.0 Å². The lowest BCUT2D eigenvalue weighted by molar-refractivity contribution is -0.117. The number of ether oxygens (including phenoxy) is 4. The molecule has 0 saturated carbocycles. The number of carbonyl (C=O) groups is 1. The predicted molar refractivity (Wildman–Crippen MR) is 112 cm³/mol. The molecule has 1 unspecified atom stereocenters. The standard InChI is InChI=1S/C22H23N3O6/c1-27-15-6-8-17(28-2)16(11-15)25-12-14(10-20(25)26)21-23-22(31-24-21)13-5-7-18(29-3)19(9-13)30-4/h5-9,11,14H,10,12H2,1-4H3. The number of amides is 1. The molecular weight excluding hydrogens is 402 g/mol. The molecule has 162 valence electrons. The molecule has 0 N–H and O–H groups in total. The van der Waals surface area contributed by atoms with Gasteiger partial charge in [0.25, 0.3) is 5.89 Å². The van der Waals surface area contributed by atoms with E-state index < -0.39 is 0 Å². The average molecular weight is 425 g/mol. The van der Waals surface area contributed by atoms with E-state index in [0.29, 0.717) is 52.5 Å². The lowest BCUT2D eigenvalue weighted by Gasteiger charge is -2.20. The Morgan fingerprint density at radius 3 is 2.39 bits per heavy atom. The van der Waals surface area contributed by atoms with E-state index in [1.54, 1.807) is 63.7 Å². The first-order valence-corrected chi connectivity index (χ1v) is 9.66. The summed E-state index contributed by atoms with van der Waals surface area (Å²) in [5.41, 5.74) is 1.35. The molecule has 31 heavy (non-hydrogen) atoms. The lowest BCUT2D eigenvalue weighted by atomic mass is 10.1. The molecule has 1 aliphatic rings. The van der Waals surface area contributed by atoms with Gasteiger partial charge in [-0.2, -0.15) is 4.98 Å².